The van der Waals surface area contributed by atoms with E-state index in [0.29, 0.717) is 5.56 Å². The molecule has 0 spiro atoms. The molecule has 30 heavy (non-hydrogen) atoms. The van der Waals surface area contributed by atoms with Crippen LogP contribution in [0, 0.1) is 5.82 Å². The van der Waals surface area contributed by atoms with Crippen LogP contribution in [0.15, 0.2) is 30.6 Å². The molecule has 0 fully saturated rings. The van der Waals surface area contributed by atoms with Crippen LogP contribution in [0.5, 0.6) is 0 Å². The first-order valence-electron chi connectivity index (χ1n) is 8.93. The van der Waals surface area contributed by atoms with Crippen molar-refractivity contribution in [3.63, 3.8) is 0 Å². The number of benzene rings is 1. The lowest BCUT2D eigenvalue weighted by Crippen LogP contribution is -2.25. The van der Waals surface area contributed by atoms with E-state index in [1.165, 1.54) is 32.2 Å². The van der Waals surface area contributed by atoms with Gasteiger partial charge in [0.25, 0.3) is 0 Å². The largest absolute Gasteiger partial charge is 0.481 e. The third kappa shape index (κ3) is 6.36. The molecule has 164 valence electrons. The van der Waals surface area contributed by atoms with Crippen LogP contribution < -0.4 is 5.32 Å². The molecule has 2 aromatic rings. The number of hydrogen-bond donors (Lipinski definition) is 2. The average Bonchev–Trinajstić information content (AvgIpc) is 2.67. The summed E-state index contributed by atoms with van der Waals surface area (Å²) in [7, 11) is 1.39. The molecular formula is C19H21F4N3O4. The van der Waals surface area contributed by atoms with Crippen molar-refractivity contribution in [3.05, 3.63) is 47.5 Å². The van der Waals surface area contributed by atoms with E-state index in [9.17, 15) is 22.4 Å². The standard InChI is InChI=1S/C19H21F4N3O4/c1-3-30-17(19(21,22)23)14-5-4-11(12(10-29-2)7-16(27)28)6-15(14)26-18-24-8-13(20)9-25-18/h4-6,8-9,12,17H,3,7,10H2,1-2H3,(H,27,28)(H,24,25,26)/t12?,17-/m1/s1. The maximum Gasteiger partial charge on any atom is 0.418 e. The van der Waals surface area contributed by atoms with E-state index in [2.05, 4.69) is 15.3 Å². The molecule has 0 aliphatic rings. The van der Waals surface area contributed by atoms with Gasteiger partial charge in [0.1, 0.15) is 0 Å². The van der Waals surface area contributed by atoms with Crippen LogP contribution in [0.4, 0.5) is 29.2 Å². The summed E-state index contributed by atoms with van der Waals surface area (Å²) in [6.45, 7) is 1.29. The zero-order valence-corrected chi connectivity index (χ0v) is 16.2. The number of alkyl halides is 3. The van der Waals surface area contributed by atoms with Crippen molar-refractivity contribution in [1.82, 2.24) is 9.97 Å². The van der Waals surface area contributed by atoms with Gasteiger partial charge in [0.2, 0.25) is 5.95 Å². The summed E-state index contributed by atoms with van der Waals surface area (Å²) in [4.78, 5) is 18.6. The van der Waals surface area contributed by atoms with Crippen molar-refractivity contribution < 1.29 is 36.9 Å². The molecule has 2 rings (SSSR count). The highest BCUT2D eigenvalue weighted by atomic mass is 19.4. The Morgan fingerprint density at radius 2 is 1.93 bits per heavy atom. The number of aromatic nitrogens is 2. The minimum atomic E-state index is -4.70. The molecule has 11 heteroatoms. The lowest BCUT2D eigenvalue weighted by Gasteiger charge is -2.25. The van der Waals surface area contributed by atoms with Gasteiger partial charge in [-0.05, 0) is 18.6 Å². The number of anilines is 2. The van der Waals surface area contributed by atoms with Crippen molar-refractivity contribution in [3.8, 4) is 0 Å². The molecule has 0 radical (unpaired) electrons. The predicted octanol–water partition coefficient (Wildman–Crippen LogP) is 4.20. The average molecular weight is 431 g/mol. The first-order chi connectivity index (χ1) is 14.2. The molecule has 0 saturated carbocycles. The van der Waals surface area contributed by atoms with Crippen molar-refractivity contribution in [1.29, 1.82) is 0 Å². The van der Waals surface area contributed by atoms with E-state index in [1.54, 1.807) is 0 Å². The van der Waals surface area contributed by atoms with Crippen LogP contribution in [0.3, 0.4) is 0 Å². The molecule has 0 bridgehead atoms. The molecule has 1 unspecified atom stereocenters. The number of carboxylic acid groups (broad SMARTS) is 1. The number of halogens is 4. The van der Waals surface area contributed by atoms with Gasteiger partial charge in [0, 0.05) is 30.9 Å². The second-order valence-corrected chi connectivity index (χ2v) is 6.32. The van der Waals surface area contributed by atoms with Crippen molar-refractivity contribution in [2.75, 3.05) is 25.6 Å². The highest BCUT2D eigenvalue weighted by Crippen LogP contribution is 2.41. The second kappa shape index (κ2) is 10.3. The number of carboxylic acids is 1. The van der Waals surface area contributed by atoms with Gasteiger partial charge >= 0.3 is 12.1 Å². The predicted molar refractivity (Wildman–Crippen MR) is 99.0 cm³/mol. The van der Waals surface area contributed by atoms with E-state index >= 15 is 0 Å². The molecule has 1 heterocycles. The van der Waals surface area contributed by atoms with Gasteiger partial charge < -0.3 is 19.9 Å². The van der Waals surface area contributed by atoms with E-state index in [-0.39, 0.29) is 36.8 Å². The lowest BCUT2D eigenvalue weighted by atomic mass is 9.93. The minimum absolute atomic E-state index is 0.0404. The van der Waals surface area contributed by atoms with Crippen molar-refractivity contribution in [2.24, 2.45) is 0 Å². The Balaban J connectivity index is 2.54. The number of carbonyl (C=O) groups is 1. The minimum Gasteiger partial charge on any atom is -0.481 e. The lowest BCUT2D eigenvalue weighted by molar-refractivity contribution is -0.222. The summed E-state index contributed by atoms with van der Waals surface area (Å²) >= 11 is 0. The van der Waals surface area contributed by atoms with Crippen LogP contribution in [-0.2, 0) is 14.3 Å². The van der Waals surface area contributed by atoms with E-state index in [4.69, 9.17) is 14.6 Å². The second-order valence-electron chi connectivity index (χ2n) is 6.32. The van der Waals surface area contributed by atoms with Crippen LogP contribution in [0.1, 0.15) is 36.5 Å². The Bertz CT molecular complexity index is 847. The quantitative estimate of drug-likeness (QED) is 0.545. The number of rotatable bonds is 10. The van der Waals surface area contributed by atoms with E-state index in [1.807, 2.05) is 0 Å². The van der Waals surface area contributed by atoms with Crippen LogP contribution in [-0.4, -0.2) is 47.5 Å². The number of nitrogens with one attached hydrogen (secondary N) is 1. The summed E-state index contributed by atoms with van der Waals surface area (Å²) in [5, 5.41) is 11.8. The molecule has 1 aromatic heterocycles. The molecule has 0 amide bonds. The van der Waals surface area contributed by atoms with Gasteiger partial charge in [-0.15, -0.1) is 0 Å². The summed E-state index contributed by atoms with van der Waals surface area (Å²) in [6, 6.07) is 3.97. The molecule has 7 nitrogen and oxygen atoms in total. The van der Waals surface area contributed by atoms with E-state index < -0.39 is 30.0 Å². The number of ether oxygens (including phenoxy) is 2. The smallest absolute Gasteiger partial charge is 0.418 e. The van der Waals surface area contributed by atoms with Gasteiger partial charge in [-0.2, -0.15) is 13.2 Å². The SMILES string of the molecule is CCO[C@H](c1ccc(C(COC)CC(=O)O)cc1Nc1ncc(F)cn1)C(F)(F)F. The zero-order chi connectivity index (χ0) is 22.3. The van der Waals surface area contributed by atoms with Crippen LogP contribution in [0.25, 0.3) is 0 Å². The number of aliphatic carboxylic acids is 1. The third-order valence-corrected chi connectivity index (χ3v) is 4.12. The summed E-state index contributed by atoms with van der Waals surface area (Å²) in [5.41, 5.74) is 0.152. The van der Waals surface area contributed by atoms with Gasteiger partial charge in [-0.1, -0.05) is 12.1 Å². The number of methoxy groups -OCH3 is 1. The summed E-state index contributed by atoms with van der Waals surface area (Å²) in [5.74, 6) is -2.53. The van der Waals surface area contributed by atoms with Crippen molar-refractivity contribution >= 4 is 17.6 Å². The summed E-state index contributed by atoms with van der Waals surface area (Å²) in [6.07, 6.45) is -5.50. The van der Waals surface area contributed by atoms with Gasteiger partial charge in [-0.25, -0.2) is 14.4 Å². The third-order valence-electron chi connectivity index (χ3n) is 4.12. The maximum absolute atomic E-state index is 13.6. The molecule has 0 aliphatic carbocycles. The fourth-order valence-electron chi connectivity index (χ4n) is 2.87. The fraction of sp³-hybridized carbons (Fsp3) is 0.421. The molecular weight excluding hydrogens is 410 g/mol. The van der Waals surface area contributed by atoms with Crippen LogP contribution in [0.2, 0.25) is 0 Å². The Morgan fingerprint density at radius 3 is 2.47 bits per heavy atom. The molecule has 0 saturated heterocycles. The molecule has 2 atom stereocenters. The molecule has 2 N–H and O–H groups in total. The zero-order valence-electron chi connectivity index (χ0n) is 16.2. The van der Waals surface area contributed by atoms with Crippen molar-refractivity contribution in [2.45, 2.75) is 31.5 Å². The normalized spacial score (nSPS) is 13.7. The topological polar surface area (TPSA) is 93.6 Å². The Kier molecular flexibility index (Phi) is 8.07. The maximum atomic E-state index is 13.6. The number of hydrogen-bond acceptors (Lipinski definition) is 6. The molecule has 1 aromatic carbocycles. The Morgan fingerprint density at radius 1 is 1.27 bits per heavy atom. The first kappa shape index (κ1) is 23.5. The van der Waals surface area contributed by atoms with Gasteiger partial charge in [0.05, 0.1) is 25.4 Å². The molecule has 0 aliphatic heterocycles. The monoisotopic (exact) mass is 431 g/mol. The first-order valence-corrected chi connectivity index (χ1v) is 8.93. The van der Waals surface area contributed by atoms with Gasteiger partial charge in [0.15, 0.2) is 11.9 Å². The fourth-order valence-corrected chi connectivity index (χ4v) is 2.87. The Labute approximate surface area is 170 Å². The number of nitrogens with zero attached hydrogens (tertiary/aromatic N) is 2. The Hall–Kier alpha value is -2.79. The summed E-state index contributed by atoms with van der Waals surface area (Å²) < 4.78 is 63.8. The highest BCUT2D eigenvalue weighted by Gasteiger charge is 2.43. The van der Waals surface area contributed by atoms with Gasteiger partial charge in [-0.3, -0.25) is 4.79 Å². The van der Waals surface area contributed by atoms with Crippen LogP contribution >= 0.6 is 0 Å². The highest BCUT2D eigenvalue weighted by molar-refractivity contribution is 5.69. The van der Waals surface area contributed by atoms with E-state index in [0.717, 1.165) is 12.4 Å².